The molecule has 1 aromatic carbocycles. The second-order valence-corrected chi connectivity index (χ2v) is 7.72. The molecule has 0 saturated heterocycles. The lowest BCUT2D eigenvalue weighted by atomic mass is 10.2. The van der Waals surface area contributed by atoms with Crippen LogP contribution in [0.25, 0.3) is 10.6 Å². The summed E-state index contributed by atoms with van der Waals surface area (Å²) in [7, 11) is 1.80. The number of thiazole rings is 1. The molecule has 0 radical (unpaired) electrons. The average Bonchev–Trinajstić information content (AvgIpc) is 3.08. The van der Waals surface area contributed by atoms with E-state index < -0.39 is 0 Å². The molecule has 0 fully saturated rings. The lowest BCUT2D eigenvalue weighted by Crippen LogP contribution is -2.29. The summed E-state index contributed by atoms with van der Waals surface area (Å²) in [5.74, 6) is -0.190. The molecule has 0 saturated carbocycles. The predicted molar refractivity (Wildman–Crippen MR) is 111 cm³/mol. The fraction of sp³-hybridized carbons (Fsp3) is 0.238. The number of carbonyl (C=O) groups is 2. The first-order valence-electron chi connectivity index (χ1n) is 8.94. The topological polar surface area (TPSA) is 75.2 Å². The molecule has 2 heterocycles. The number of pyridine rings is 1. The largest absolute Gasteiger partial charge is 0.340 e. The highest BCUT2D eigenvalue weighted by molar-refractivity contribution is 7.15. The van der Waals surface area contributed by atoms with Gasteiger partial charge >= 0.3 is 0 Å². The molecule has 0 unspecified atom stereocenters. The van der Waals surface area contributed by atoms with Crippen molar-refractivity contribution in [1.29, 1.82) is 0 Å². The third kappa shape index (κ3) is 4.80. The Balaban J connectivity index is 1.70. The van der Waals surface area contributed by atoms with E-state index in [1.807, 2.05) is 43.3 Å². The van der Waals surface area contributed by atoms with E-state index in [1.165, 1.54) is 18.3 Å². The highest BCUT2D eigenvalue weighted by Gasteiger charge is 2.19. The number of benzene rings is 1. The van der Waals surface area contributed by atoms with Crippen LogP contribution < -0.4 is 5.32 Å². The number of nitrogens with zero attached hydrogens (tertiary/aromatic N) is 3. The highest BCUT2D eigenvalue weighted by atomic mass is 32.1. The third-order valence-electron chi connectivity index (χ3n) is 4.28. The van der Waals surface area contributed by atoms with Crippen molar-refractivity contribution in [2.45, 2.75) is 20.3 Å². The molecule has 1 N–H and O–H groups in total. The summed E-state index contributed by atoms with van der Waals surface area (Å²) in [6.07, 6.45) is 4.28. The Labute approximate surface area is 168 Å². The number of aromatic nitrogens is 2. The number of anilines is 1. The van der Waals surface area contributed by atoms with Gasteiger partial charge in [0, 0.05) is 49.0 Å². The van der Waals surface area contributed by atoms with Crippen molar-refractivity contribution in [3.8, 4) is 10.6 Å². The van der Waals surface area contributed by atoms with E-state index in [9.17, 15) is 9.59 Å². The van der Waals surface area contributed by atoms with Gasteiger partial charge < -0.3 is 10.2 Å². The first-order chi connectivity index (χ1) is 13.4. The summed E-state index contributed by atoms with van der Waals surface area (Å²) >= 11 is 1.49. The highest BCUT2D eigenvalue weighted by Crippen LogP contribution is 2.29. The minimum Gasteiger partial charge on any atom is -0.340 e. The summed E-state index contributed by atoms with van der Waals surface area (Å²) in [5.41, 5.74) is 3.28. The van der Waals surface area contributed by atoms with Gasteiger partial charge in [0.25, 0.3) is 5.91 Å². The van der Waals surface area contributed by atoms with Gasteiger partial charge in [0.15, 0.2) is 0 Å². The molecule has 0 bridgehead atoms. The van der Waals surface area contributed by atoms with Crippen molar-refractivity contribution in [2.24, 2.45) is 0 Å². The van der Waals surface area contributed by atoms with Gasteiger partial charge in [-0.25, -0.2) is 4.98 Å². The number of nitrogens with one attached hydrogen (secondary N) is 1. The number of carbonyl (C=O) groups excluding carboxylic acids is 2. The maximum atomic E-state index is 12.8. The molecule has 7 heteroatoms. The van der Waals surface area contributed by atoms with Crippen LogP contribution >= 0.6 is 11.3 Å². The average molecular weight is 394 g/mol. The number of hydrogen-bond acceptors (Lipinski definition) is 5. The number of aryl methyl sites for hydroxylation is 1. The quantitative estimate of drug-likeness (QED) is 0.690. The predicted octanol–water partition coefficient (Wildman–Crippen LogP) is 3.79. The molecule has 3 aromatic rings. The Hall–Kier alpha value is -3.06. The normalized spacial score (nSPS) is 10.5. The van der Waals surface area contributed by atoms with Gasteiger partial charge in [0.05, 0.1) is 0 Å². The van der Waals surface area contributed by atoms with Crippen LogP contribution in [0.2, 0.25) is 0 Å². The molecule has 6 nitrogen and oxygen atoms in total. The van der Waals surface area contributed by atoms with E-state index in [1.54, 1.807) is 24.3 Å². The molecule has 0 atom stereocenters. The Morgan fingerprint density at radius 1 is 1.11 bits per heavy atom. The van der Waals surface area contributed by atoms with Gasteiger partial charge in [-0.05, 0) is 55.3 Å². The summed E-state index contributed by atoms with van der Waals surface area (Å²) < 4.78 is 0. The van der Waals surface area contributed by atoms with Crippen LogP contribution in [0.5, 0.6) is 0 Å². The molecule has 2 aromatic heterocycles. The zero-order valence-electron chi connectivity index (χ0n) is 16.1. The maximum Gasteiger partial charge on any atom is 0.273 e. The minimum absolute atomic E-state index is 0.0797. The van der Waals surface area contributed by atoms with Crippen LogP contribution in [0.15, 0.2) is 48.8 Å². The molecule has 0 aliphatic rings. The zero-order chi connectivity index (χ0) is 20.1. The number of rotatable bonds is 6. The van der Waals surface area contributed by atoms with Gasteiger partial charge in [-0.1, -0.05) is 0 Å². The lowest BCUT2D eigenvalue weighted by Gasteiger charge is -2.16. The van der Waals surface area contributed by atoms with E-state index in [0.717, 1.165) is 33.1 Å². The van der Waals surface area contributed by atoms with Crippen LogP contribution in [-0.4, -0.2) is 40.3 Å². The maximum absolute atomic E-state index is 12.8. The van der Waals surface area contributed by atoms with Crippen molar-refractivity contribution in [2.75, 3.05) is 18.9 Å². The van der Waals surface area contributed by atoms with Crippen LogP contribution in [0.3, 0.4) is 0 Å². The molecule has 144 valence electrons. The summed E-state index contributed by atoms with van der Waals surface area (Å²) in [6, 6.07) is 11.4. The third-order valence-corrected chi connectivity index (χ3v) is 5.30. The van der Waals surface area contributed by atoms with Gasteiger partial charge in [-0.2, -0.15) is 0 Å². The smallest absolute Gasteiger partial charge is 0.273 e. The molecule has 2 amide bonds. The summed E-state index contributed by atoms with van der Waals surface area (Å²) in [5, 5.41) is 3.53. The SMILES string of the molecule is CC(=O)Nc1ccc(-c2nc(C(=O)N(C)CCc3ccncc3)c(C)s2)cc1. The fourth-order valence-electron chi connectivity index (χ4n) is 2.75. The van der Waals surface area contributed by atoms with Crippen molar-refractivity contribution in [1.82, 2.24) is 14.9 Å². The molecule has 3 rings (SSSR count). The molecule has 28 heavy (non-hydrogen) atoms. The van der Waals surface area contributed by atoms with Crippen LogP contribution in [0.1, 0.15) is 27.9 Å². The molecule has 0 aliphatic carbocycles. The zero-order valence-corrected chi connectivity index (χ0v) is 16.9. The Morgan fingerprint density at radius 2 is 1.79 bits per heavy atom. The first kappa shape index (κ1) is 19.7. The Bertz CT molecular complexity index is 968. The van der Waals surface area contributed by atoms with Crippen molar-refractivity contribution in [3.63, 3.8) is 0 Å². The van der Waals surface area contributed by atoms with Gasteiger partial charge in [0.2, 0.25) is 5.91 Å². The summed E-state index contributed by atoms with van der Waals surface area (Å²) in [4.78, 5) is 35.1. The fourth-order valence-corrected chi connectivity index (χ4v) is 3.66. The van der Waals surface area contributed by atoms with Gasteiger partial charge in [-0.3, -0.25) is 14.6 Å². The number of hydrogen-bond donors (Lipinski definition) is 1. The monoisotopic (exact) mass is 394 g/mol. The lowest BCUT2D eigenvalue weighted by molar-refractivity contribution is -0.114. The first-order valence-corrected chi connectivity index (χ1v) is 9.75. The van der Waals surface area contributed by atoms with Crippen molar-refractivity contribution in [3.05, 3.63) is 64.9 Å². The molecule has 0 spiro atoms. The van der Waals surface area contributed by atoms with Crippen molar-refractivity contribution >= 4 is 28.8 Å². The van der Waals surface area contributed by atoms with E-state index in [2.05, 4.69) is 15.3 Å². The van der Waals surface area contributed by atoms with Gasteiger partial charge in [0.1, 0.15) is 10.7 Å². The second kappa shape index (κ2) is 8.75. The van der Waals surface area contributed by atoms with E-state index in [-0.39, 0.29) is 11.8 Å². The number of amides is 2. The van der Waals surface area contributed by atoms with Crippen LogP contribution in [-0.2, 0) is 11.2 Å². The van der Waals surface area contributed by atoms with Crippen LogP contribution in [0.4, 0.5) is 5.69 Å². The summed E-state index contributed by atoms with van der Waals surface area (Å²) in [6.45, 7) is 4.00. The Kier molecular flexibility index (Phi) is 6.16. The second-order valence-electron chi connectivity index (χ2n) is 6.51. The standard InChI is InChI=1S/C21H22N4O2S/c1-14-19(21(27)25(3)13-10-16-8-11-22-12-9-16)24-20(28-14)17-4-6-18(7-5-17)23-15(2)26/h4-9,11-12H,10,13H2,1-3H3,(H,23,26). The molecular weight excluding hydrogens is 372 g/mol. The molecule has 0 aliphatic heterocycles. The van der Waals surface area contributed by atoms with E-state index in [0.29, 0.717) is 12.2 Å². The van der Waals surface area contributed by atoms with Gasteiger partial charge in [-0.15, -0.1) is 11.3 Å². The van der Waals surface area contributed by atoms with Crippen LogP contribution in [0, 0.1) is 6.92 Å². The molecular formula is C21H22N4O2S. The van der Waals surface area contributed by atoms with E-state index in [4.69, 9.17) is 0 Å². The Morgan fingerprint density at radius 3 is 2.43 bits per heavy atom. The van der Waals surface area contributed by atoms with E-state index >= 15 is 0 Å². The number of likely N-dealkylation sites (N-methyl/N-ethyl adjacent to an activating group) is 1. The van der Waals surface area contributed by atoms with Crippen molar-refractivity contribution < 1.29 is 9.59 Å². The minimum atomic E-state index is -0.111.